The van der Waals surface area contributed by atoms with Crippen molar-refractivity contribution in [2.45, 2.75) is 13.5 Å². The summed E-state index contributed by atoms with van der Waals surface area (Å²) in [5.41, 5.74) is 0.410. The van der Waals surface area contributed by atoms with Gasteiger partial charge in [0.2, 0.25) is 0 Å². The Balaban J connectivity index is 2.24. The fourth-order valence-electron chi connectivity index (χ4n) is 1.38. The van der Waals surface area contributed by atoms with Crippen LogP contribution in [0.5, 0.6) is 0 Å². The molecule has 0 aliphatic rings. The lowest BCUT2D eigenvalue weighted by molar-refractivity contribution is 0.0974. The molecule has 88 valence electrons. The minimum atomic E-state index is -0.424. The van der Waals surface area contributed by atoms with Gasteiger partial charge in [0.25, 0.3) is 0 Å². The van der Waals surface area contributed by atoms with Gasteiger partial charge in [-0.25, -0.2) is 9.78 Å². The molecule has 0 N–H and O–H groups in total. The van der Waals surface area contributed by atoms with Gasteiger partial charge in [-0.3, -0.25) is 9.36 Å². The minimum Gasteiger partial charge on any atom is -0.291 e. The third-order valence-electron chi connectivity index (χ3n) is 2.15. The Morgan fingerprint density at radius 1 is 1.53 bits per heavy atom. The molecule has 0 saturated carbocycles. The lowest BCUT2D eigenvalue weighted by atomic mass is 10.3. The Bertz CT molecular complexity index is 618. The highest BCUT2D eigenvalue weighted by Crippen LogP contribution is 2.21. The molecule has 0 unspecified atom stereocenters. The molecular weight excluding hydrogens is 260 g/mol. The highest BCUT2D eigenvalue weighted by molar-refractivity contribution is 7.18. The second kappa shape index (κ2) is 4.81. The maximum atomic E-state index is 11.9. The highest BCUT2D eigenvalue weighted by Gasteiger charge is 2.10. The first-order chi connectivity index (χ1) is 8.06. The van der Waals surface area contributed by atoms with E-state index in [4.69, 9.17) is 11.6 Å². The summed E-state index contributed by atoms with van der Waals surface area (Å²) in [6, 6.07) is 3.32. The molecule has 0 spiro atoms. The van der Waals surface area contributed by atoms with E-state index in [-0.39, 0.29) is 12.3 Å². The molecule has 0 aromatic carbocycles. The van der Waals surface area contributed by atoms with Gasteiger partial charge in [-0.15, -0.1) is 11.3 Å². The predicted octanol–water partition coefficient (Wildman–Crippen LogP) is 2.15. The van der Waals surface area contributed by atoms with Crippen LogP contribution in [0.25, 0.3) is 0 Å². The van der Waals surface area contributed by atoms with Crippen LogP contribution in [0.4, 0.5) is 0 Å². The van der Waals surface area contributed by atoms with Crippen LogP contribution in [0.15, 0.2) is 29.3 Å². The molecule has 2 aromatic heterocycles. The van der Waals surface area contributed by atoms with Gasteiger partial charge in [-0.05, 0) is 24.6 Å². The van der Waals surface area contributed by atoms with Crippen LogP contribution in [0.1, 0.15) is 15.2 Å². The van der Waals surface area contributed by atoms with E-state index in [1.54, 1.807) is 18.3 Å². The van der Waals surface area contributed by atoms with Crippen LogP contribution in [0.2, 0.25) is 4.34 Å². The van der Waals surface area contributed by atoms with Crippen LogP contribution >= 0.6 is 22.9 Å². The number of carbonyl (C=O) groups is 1. The van der Waals surface area contributed by atoms with Crippen LogP contribution in [0, 0.1) is 6.92 Å². The number of hydrogen-bond acceptors (Lipinski definition) is 4. The SMILES string of the molecule is Cc1cnc(=O)n(CC(=O)c2ccc(Cl)s2)c1. The third-order valence-corrected chi connectivity index (χ3v) is 3.42. The second-order valence-electron chi connectivity index (χ2n) is 3.57. The van der Waals surface area contributed by atoms with Crippen LogP contribution < -0.4 is 5.69 Å². The molecule has 0 bridgehead atoms. The van der Waals surface area contributed by atoms with Gasteiger partial charge in [0, 0.05) is 12.4 Å². The molecule has 2 aromatic rings. The number of aryl methyl sites for hydroxylation is 1. The highest BCUT2D eigenvalue weighted by atomic mass is 35.5. The van der Waals surface area contributed by atoms with Gasteiger partial charge in [0.15, 0.2) is 5.78 Å². The molecule has 0 radical (unpaired) electrons. The number of thiophene rings is 1. The summed E-state index contributed by atoms with van der Waals surface area (Å²) in [7, 11) is 0. The average molecular weight is 269 g/mol. The molecule has 4 nitrogen and oxygen atoms in total. The molecule has 2 heterocycles. The van der Waals surface area contributed by atoms with Crippen molar-refractivity contribution >= 4 is 28.7 Å². The standard InChI is InChI=1S/C11H9ClN2O2S/c1-7-4-13-11(16)14(5-7)6-8(15)9-2-3-10(12)17-9/h2-5H,6H2,1H3. The largest absolute Gasteiger partial charge is 0.347 e. The van der Waals surface area contributed by atoms with E-state index in [1.165, 1.54) is 22.1 Å². The number of rotatable bonds is 3. The monoisotopic (exact) mass is 268 g/mol. The van der Waals surface area contributed by atoms with E-state index < -0.39 is 5.69 Å². The van der Waals surface area contributed by atoms with Crippen molar-refractivity contribution < 1.29 is 4.79 Å². The summed E-state index contributed by atoms with van der Waals surface area (Å²) < 4.78 is 1.86. The number of hydrogen-bond donors (Lipinski definition) is 0. The van der Waals surface area contributed by atoms with Gasteiger partial charge in [0.1, 0.15) is 0 Å². The second-order valence-corrected chi connectivity index (χ2v) is 5.28. The fraction of sp³-hybridized carbons (Fsp3) is 0.182. The Morgan fingerprint density at radius 2 is 2.29 bits per heavy atom. The van der Waals surface area contributed by atoms with Crippen molar-refractivity contribution in [1.29, 1.82) is 0 Å². The minimum absolute atomic E-state index is 0.00957. The summed E-state index contributed by atoms with van der Waals surface area (Å²) in [6.07, 6.45) is 3.09. The van der Waals surface area contributed by atoms with Crippen molar-refractivity contribution in [3.8, 4) is 0 Å². The Morgan fingerprint density at radius 3 is 2.94 bits per heavy atom. The first-order valence-electron chi connectivity index (χ1n) is 4.88. The fourth-order valence-corrected chi connectivity index (χ4v) is 2.35. The first-order valence-corrected chi connectivity index (χ1v) is 6.07. The van der Waals surface area contributed by atoms with Crippen molar-refractivity contribution in [2.24, 2.45) is 0 Å². The summed E-state index contributed by atoms with van der Waals surface area (Å²) >= 11 is 6.95. The number of halogens is 1. The summed E-state index contributed by atoms with van der Waals surface area (Å²) in [6.45, 7) is 1.81. The van der Waals surface area contributed by atoms with Crippen LogP contribution in [0.3, 0.4) is 0 Å². The Hall–Kier alpha value is -1.46. The molecule has 0 aliphatic carbocycles. The van der Waals surface area contributed by atoms with E-state index in [2.05, 4.69) is 4.98 Å². The van der Waals surface area contributed by atoms with Crippen molar-refractivity contribution in [2.75, 3.05) is 0 Å². The lowest BCUT2D eigenvalue weighted by Gasteiger charge is -2.03. The quantitative estimate of drug-likeness (QED) is 0.802. The topological polar surface area (TPSA) is 52.0 Å². The van der Waals surface area contributed by atoms with Crippen molar-refractivity contribution in [3.05, 3.63) is 49.8 Å². The number of carbonyl (C=O) groups excluding carboxylic acids is 1. The summed E-state index contributed by atoms with van der Waals surface area (Å²) in [5.74, 6) is -0.142. The molecule has 6 heteroatoms. The molecule has 2 rings (SSSR count). The van der Waals surface area contributed by atoms with Gasteiger partial charge < -0.3 is 0 Å². The van der Waals surface area contributed by atoms with Crippen molar-refractivity contribution in [3.63, 3.8) is 0 Å². The van der Waals surface area contributed by atoms with Crippen molar-refractivity contribution in [1.82, 2.24) is 9.55 Å². The summed E-state index contributed by atoms with van der Waals surface area (Å²) in [5, 5.41) is 0. The Labute approximate surface area is 106 Å². The van der Waals surface area contributed by atoms with E-state index in [9.17, 15) is 9.59 Å². The zero-order valence-electron chi connectivity index (χ0n) is 9.01. The molecule has 0 amide bonds. The third kappa shape index (κ3) is 2.81. The zero-order chi connectivity index (χ0) is 12.4. The molecule has 0 saturated heterocycles. The number of Topliss-reactive ketones (excluding diaryl/α,β-unsaturated/α-hetero) is 1. The maximum Gasteiger partial charge on any atom is 0.347 e. The van der Waals surface area contributed by atoms with Gasteiger partial charge in [0.05, 0.1) is 15.8 Å². The number of aromatic nitrogens is 2. The van der Waals surface area contributed by atoms with Gasteiger partial charge in [-0.2, -0.15) is 0 Å². The molecule has 17 heavy (non-hydrogen) atoms. The molecule has 0 atom stereocenters. The predicted molar refractivity (Wildman–Crippen MR) is 66.9 cm³/mol. The molecule has 0 fully saturated rings. The summed E-state index contributed by atoms with van der Waals surface area (Å²) in [4.78, 5) is 27.5. The first kappa shape index (κ1) is 12.0. The van der Waals surface area contributed by atoms with Gasteiger partial charge >= 0.3 is 5.69 Å². The molecule has 0 aliphatic heterocycles. The van der Waals surface area contributed by atoms with E-state index in [1.807, 2.05) is 6.92 Å². The van der Waals surface area contributed by atoms with Crippen LogP contribution in [-0.4, -0.2) is 15.3 Å². The molecular formula is C11H9ClN2O2S. The number of nitrogens with zero attached hydrogens (tertiary/aromatic N) is 2. The average Bonchev–Trinajstić information content (AvgIpc) is 2.70. The van der Waals surface area contributed by atoms with E-state index >= 15 is 0 Å². The normalized spacial score (nSPS) is 10.5. The Kier molecular flexibility index (Phi) is 3.40. The van der Waals surface area contributed by atoms with Crippen LogP contribution in [-0.2, 0) is 6.54 Å². The van der Waals surface area contributed by atoms with Gasteiger partial charge in [-0.1, -0.05) is 11.6 Å². The van der Waals surface area contributed by atoms with E-state index in [0.29, 0.717) is 9.21 Å². The number of ketones is 1. The smallest absolute Gasteiger partial charge is 0.291 e. The zero-order valence-corrected chi connectivity index (χ0v) is 10.6. The maximum absolute atomic E-state index is 11.9. The lowest BCUT2D eigenvalue weighted by Crippen LogP contribution is -2.25. The van der Waals surface area contributed by atoms with E-state index in [0.717, 1.165) is 5.56 Å².